The number of alkyl halides is 3. The average Bonchev–Trinajstić information content (AvgIpc) is 3.22. The first-order chi connectivity index (χ1) is 18.6. The number of piperazine rings is 1. The van der Waals surface area contributed by atoms with Crippen molar-refractivity contribution >= 4 is 11.7 Å². The molecule has 2 fully saturated rings. The Labute approximate surface area is 224 Å². The summed E-state index contributed by atoms with van der Waals surface area (Å²) in [6.45, 7) is 4.96. The topological polar surface area (TPSA) is 90.8 Å². The van der Waals surface area contributed by atoms with Crippen molar-refractivity contribution in [2.45, 2.75) is 56.3 Å². The number of benzene rings is 1. The summed E-state index contributed by atoms with van der Waals surface area (Å²) in [5.41, 5.74) is 0.433. The molecule has 1 amide bonds. The molecule has 1 aromatic carbocycles. The highest BCUT2D eigenvalue weighted by Crippen LogP contribution is 2.43. The van der Waals surface area contributed by atoms with Crippen LogP contribution in [0.1, 0.15) is 66.5 Å². The lowest BCUT2D eigenvalue weighted by Gasteiger charge is -2.38. The first kappa shape index (κ1) is 27.7. The van der Waals surface area contributed by atoms with Crippen molar-refractivity contribution in [1.29, 1.82) is 0 Å². The van der Waals surface area contributed by atoms with Gasteiger partial charge in [0.25, 0.3) is 0 Å². The Kier molecular flexibility index (Phi) is 8.06. The molecular weight excluding hydrogens is 518 g/mol. The van der Waals surface area contributed by atoms with Crippen LogP contribution in [-0.2, 0) is 15.7 Å². The van der Waals surface area contributed by atoms with Gasteiger partial charge in [0.2, 0.25) is 5.91 Å². The molecule has 5 rings (SSSR count). The third-order valence-electron chi connectivity index (χ3n) is 8.00. The zero-order valence-corrected chi connectivity index (χ0v) is 21.8. The summed E-state index contributed by atoms with van der Waals surface area (Å²) in [7, 11) is 0. The summed E-state index contributed by atoms with van der Waals surface area (Å²) in [4.78, 5) is 26.2. The normalized spacial score (nSPS) is 23.1. The average molecular weight is 552 g/mol. The maximum Gasteiger partial charge on any atom is 0.416 e. The minimum absolute atomic E-state index is 0.0496. The van der Waals surface area contributed by atoms with Crippen LogP contribution in [0.4, 0.5) is 23.4 Å². The molecule has 0 bridgehead atoms. The number of ether oxygens (including phenoxy) is 1. The number of rotatable bonds is 6. The number of aliphatic hydroxyl groups is 1. The van der Waals surface area contributed by atoms with Gasteiger partial charge in [-0.3, -0.25) is 4.79 Å². The quantitative estimate of drug-likeness (QED) is 0.532. The summed E-state index contributed by atoms with van der Waals surface area (Å²) in [6, 6.07) is 2.46. The van der Waals surface area contributed by atoms with Crippen molar-refractivity contribution in [3.05, 3.63) is 52.7 Å². The molecule has 0 unspecified atom stereocenters. The van der Waals surface area contributed by atoms with E-state index in [0.717, 1.165) is 36.4 Å². The van der Waals surface area contributed by atoms with Crippen LogP contribution in [0, 0.1) is 5.82 Å². The number of aromatic nitrogens is 2. The van der Waals surface area contributed by atoms with E-state index in [9.17, 15) is 23.1 Å². The second kappa shape index (κ2) is 11.3. The van der Waals surface area contributed by atoms with E-state index in [1.807, 2.05) is 6.92 Å². The zero-order valence-electron chi connectivity index (χ0n) is 21.8. The Balaban J connectivity index is 1.32. The van der Waals surface area contributed by atoms with Crippen LogP contribution in [0.2, 0.25) is 0 Å². The van der Waals surface area contributed by atoms with Gasteiger partial charge in [-0.1, -0.05) is 13.0 Å². The smallest absolute Gasteiger partial charge is 0.387 e. The van der Waals surface area contributed by atoms with E-state index in [-0.39, 0.29) is 30.0 Å². The summed E-state index contributed by atoms with van der Waals surface area (Å²) in [5.74, 6) is -1.48. The lowest BCUT2D eigenvalue weighted by atomic mass is 9.94. The largest absolute Gasteiger partial charge is 0.416 e. The monoisotopic (exact) mass is 551 g/mol. The number of carbonyl (C=O) groups is 1. The molecule has 3 heterocycles. The highest BCUT2D eigenvalue weighted by Gasteiger charge is 2.37. The number of anilines is 1. The lowest BCUT2D eigenvalue weighted by molar-refractivity contribution is -0.137. The van der Waals surface area contributed by atoms with Crippen LogP contribution in [0.25, 0.3) is 0 Å². The Morgan fingerprint density at radius 3 is 2.56 bits per heavy atom. The molecule has 2 N–H and O–H groups in total. The number of fused-ring (bicyclic) bond motifs is 1. The second-order valence-electron chi connectivity index (χ2n) is 10.5. The molecule has 3 atom stereocenters. The number of nitrogens with zero attached hydrogens (tertiary/aromatic N) is 4. The fourth-order valence-corrected chi connectivity index (χ4v) is 5.82. The van der Waals surface area contributed by atoms with Crippen LogP contribution in [-0.4, -0.2) is 77.9 Å². The molecule has 0 saturated carbocycles. The molecule has 1 aromatic heterocycles. The first-order valence-electron chi connectivity index (χ1n) is 13.4. The third-order valence-corrected chi connectivity index (χ3v) is 8.00. The van der Waals surface area contributed by atoms with Gasteiger partial charge in [0.15, 0.2) is 0 Å². The minimum Gasteiger partial charge on any atom is -0.387 e. The fourth-order valence-electron chi connectivity index (χ4n) is 5.82. The van der Waals surface area contributed by atoms with E-state index >= 15 is 4.39 Å². The number of hydrogen-bond acceptors (Lipinski definition) is 7. The highest BCUT2D eigenvalue weighted by molar-refractivity contribution is 5.84. The Morgan fingerprint density at radius 1 is 1.18 bits per heavy atom. The predicted octanol–water partition coefficient (Wildman–Crippen LogP) is 3.38. The van der Waals surface area contributed by atoms with Gasteiger partial charge in [0, 0.05) is 63.1 Å². The van der Waals surface area contributed by atoms with E-state index in [1.54, 1.807) is 4.90 Å². The van der Waals surface area contributed by atoms with Gasteiger partial charge in [-0.2, -0.15) is 13.2 Å². The van der Waals surface area contributed by atoms with Crippen LogP contribution in [0.3, 0.4) is 0 Å². The number of nitrogens with one attached hydrogen (secondary N) is 1. The third kappa shape index (κ3) is 5.87. The van der Waals surface area contributed by atoms with Crippen LogP contribution in [0.15, 0.2) is 24.5 Å². The molecule has 0 spiro atoms. The van der Waals surface area contributed by atoms with E-state index in [4.69, 9.17) is 4.74 Å². The van der Waals surface area contributed by atoms with Crippen molar-refractivity contribution in [3.8, 4) is 0 Å². The Hall–Kier alpha value is -2.83. The van der Waals surface area contributed by atoms with Crippen molar-refractivity contribution in [3.63, 3.8) is 0 Å². The molecule has 8 nitrogen and oxygen atoms in total. The van der Waals surface area contributed by atoms with Crippen molar-refractivity contribution in [2.24, 2.45) is 0 Å². The number of carbonyl (C=O) groups excluding carboxylic acids is 1. The van der Waals surface area contributed by atoms with Crippen LogP contribution >= 0.6 is 0 Å². The minimum atomic E-state index is -4.68. The molecule has 212 valence electrons. The number of amides is 1. The van der Waals surface area contributed by atoms with Gasteiger partial charge in [-0.25, -0.2) is 14.4 Å². The molecular formula is C27H33F4N5O3. The fraction of sp³-hybridized carbons (Fsp3) is 0.593. The predicted molar refractivity (Wildman–Crippen MR) is 135 cm³/mol. The Morgan fingerprint density at radius 2 is 1.90 bits per heavy atom. The van der Waals surface area contributed by atoms with Gasteiger partial charge >= 0.3 is 6.18 Å². The second-order valence-corrected chi connectivity index (χ2v) is 10.5. The molecule has 2 aromatic rings. The number of hydrogen-bond donors (Lipinski definition) is 2. The SMILES string of the molecule is C[C@@H]1C[C@H](O)c2ncnc(N3CCN(C(=O)[C@H](CNC4CCOCC4)c4ccc(C(F)(F)F)cc4F)CC3)c21. The van der Waals surface area contributed by atoms with Crippen molar-refractivity contribution < 1.29 is 32.2 Å². The summed E-state index contributed by atoms with van der Waals surface area (Å²) < 4.78 is 59.9. The lowest BCUT2D eigenvalue weighted by Crippen LogP contribution is -2.52. The summed E-state index contributed by atoms with van der Waals surface area (Å²) >= 11 is 0. The Bertz CT molecular complexity index is 1180. The summed E-state index contributed by atoms with van der Waals surface area (Å²) in [5, 5.41) is 13.6. The number of aliphatic hydroxyl groups excluding tert-OH is 1. The molecule has 2 saturated heterocycles. The molecule has 2 aliphatic heterocycles. The van der Waals surface area contributed by atoms with Gasteiger partial charge in [0.05, 0.1) is 23.3 Å². The van der Waals surface area contributed by atoms with E-state index in [0.29, 0.717) is 57.6 Å². The van der Waals surface area contributed by atoms with Gasteiger partial charge < -0.3 is 25.0 Å². The molecule has 12 heteroatoms. The molecule has 3 aliphatic rings. The molecule has 39 heavy (non-hydrogen) atoms. The van der Waals surface area contributed by atoms with E-state index < -0.39 is 29.6 Å². The van der Waals surface area contributed by atoms with Crippen molar-refractivity contribution in [2.75, 3.05) is 50.8 Å². The molecule has 0 radical (unpaired) electrons. The van der Waals surface area contributed by atoms with E-state index in [2.05, 4.69) is 20.2 Å². The van der Waals surface area contributed by atoms with E-state index in [1.165, 1.54) is 6.33 Å². The number of halogens is 4. The zero-order chi connectivity index (χ0) is 27.7. The van der Waals surface area contributed by atoms with Gasteiger partial charge in [-0.15, -0.1) is 0 Å². The van der Waals surface area contributed by atoms with Gasteiger partial charge in [-0.05, 0) is 37.3 Å². The molecule has 1 aliphatic carbocycles. The standard InChI is InChI=1S/C27H33F4N5O3/c1-16-12-22(37)24-23(16)25(34-15-33-24)35-6-8-36(9-7-35)26(38)20(14-32-18-4-10-39-11-5-18)19-3-2-17(13-21(19)28)27(29,30)31/h2-3,13,15-16,18,20,22,32,37H,4-12,14H2,1H3/t16-,20-,22+/m1/s1. The maximum absolute atomic E-state index is 15.0. The van der Waals surface area contributed by atoms with Crippen molar-refractivity contribution in [1.82, 2.24) is 20.2 Å². The maximum atomic E-state index is 15.0. The first-order valence-corrected chi connectivity index (χ1v) is 13.4. The summed E-state index contributed by atoms with van der Waals surface area (Å²) in [6.07, 6.45) is -1.79. The van der Waals surface area contributed by atoms with Crippen LogP contribution in [0.5, 0.6) is 0 Å². The van der Waals surface area contributed by atoms with Crippen LogP contribution < -0.4 is 10.2 Å². The van der Waals surface area contributed by atoms with Gasteiger partial charge in [0.1, 0.15) is 18.0 Å². The highest BCUT2D eigenvalue weighted by atomic mass is 19.4.